The molecule has 5 aromatic rings. The maximum absolute atomic E-state index is 14.2. The van der Waals surface area contributed by atoms with Crippen molar-refractivity contribution < 1.29 is 14.3 Å². The third kappa shape index (κ3) is 6.43. The van der Waals surface area contributed by atoms with E-state index in [0.717, 1.165) is 66.9 Å². The van der Waals surface area contributed by atoms with E-state index in [4.69, 9.17) is 19.4 Å². The lowest BCUT2D eigenvalue weighted by Crippen LogP contribution is -2.55. The third-order valence-electron chi connectivity index (χ3n) is 13.0. The summed E-state index contributed by atoms with van der Waals surface area (Å²) in [5.74, 6) is 1.09. The first kappa shape index (κ1) is 38.4. The van der Waals surface area contributed by atoms with Crippen molar-refractivity contribution in [1.29, 1.82) is 0 Å². The predicted molar refractivity (Wildman–Crippen MR) is 228 cm³/mol. The average molecular weight is 775 g/mol. The van der Waals surface area contributed by atoms with Gasteiger partial charge in [-0.1, -0.05) is 55.4 Å². The number of likely N-dealkylation sites (N-methyl/N-ethyl adjacent to an activating group) is 1. The van der Waals surface area contributed by atoms with Gasteiger partial charge in [-0.3, -0.25) is 9.69 Å². The normalized spacial score (nSPS) is 17.5. The van der Waals surface area contributed by atoms with Gasteiger partial charge in [0.25, 0.3) is 5.91 Å². The standard InChI is InChI=1S/C44H58N8O3Si/c1-27(2)56(28(3)4,29(5)6)40-22-36-41(55-40)35(48-39-11-10-31(25-46-39)50-16-14-49(9)15-17-50)21-34(47-36)32-12-13-45-42(33(32)26-53)52-19-18-51-37(43(52)54)20-30-23-44(7,8)24-38(30)51/h10-13,20-22,25,27-29,53H,14-19,23-24,26H2,1-9H3,(H,46,47,48). The van der Waals surface area contributed by atoms with E-state index in [-0.39, 0.29) is 17.9 Å². The number of aromatic nitrogens is 4. The fourth-order valence-corrected chi connectivity index (χ4v) is 16.8. The Kier molecular flexibility index (Phi) is 9.90. The summed E-state index contributed by atoms with van der Waals surface area (Å²) >= 11 is 0. The van der Waals surface area contributed by atoms with Crippen molar-refractivity contribution in [3.8, 4) is 11.3 Å². The van der Waals surface area contributed by atoms with Gasteiger partial charge in [0.1, 0.15) is 30.9 Å². The lowest BCUT2D eigenvalue weighted by atomic mass is 9.90. The van der Waals surface area contributed by atoms with Crippen molar-refractivity contribution in [3.05, 3.63) is 71.3 Å². The maximum atomic E-state index is 14.2. The number of pyridine rings is 3. The zero-order valence-electron chi connectivity index (χ0n) is 34.6. The van der Waals surface area contributed by atoms with Gasteiger partial charge in [0.2, 0.25) is 0 Å². The van der Waals surface area contributed by atoms with Crippen LogP contribution in [-0.2, 0) is 26.0 Å². The zero-order chi connectivity index (χ0) is 39.7. The van der Waals surface area contributed by atoms with Crippen molar-refractivity contribution in [2.75, 3.05) is 54.9 Å². The second kappa shape index (κ2) is 14.4. The Morgan fingerprint density at radius 3 is 2.30 bits per heavy atom. The Morgan fingerprint density at radius 1 is 0.911 bits per heavy atom. The molecule has 0 unspecified atom stereocenters. The Morgan fingerprint density at radius 2 is 1.64 bits per heavy atom. The van der Waals surface area contributed by atoms with Gasteiger partial charge < -0.3 is 29.2 Å². The van der Waals surface area contributed by atoms with Crippen LogP contribution in [0.5, 0.6) is 0 Å². The summed E-state index contributed by atoms with van der Waals surface area (Å²) in [6, 6.07) is 12.3. The summed E-state index contributed by atoms with van der Waals surface area (Å²) in [5, 5.41) is 15.7. The number of anilines is 4. The highest BCUT2D eigenvalue weighted by molar-refractivity contribution is 6.94. The fourth-order valence-electron chi connectivity index (χ4n) is 10.4. The van der Waals surface area contributed by atoms with E-state index in [1.54, 1.807) is 11.1 Å². The first-order chi connectivity index (χ1) is 26.7. The zero-order valence-corrected chi connectivity index (χ0v) is 35.6. The molecule has 0 bridgehead atoms. The highest BCUT2D eigenvalue weighted by atomic mass is 28.3. The van der Waals surface area contributed by atoms with Crippen LogP contribution in [0, 0.1) is 5.41 Å². The molecule has 1 aliphatic carbocycles. The third-order valence-corrected chi connectivity index (χ3v) is 19.8. The molecule has 0 spiro atoms. The molecule has 2 N–H and O–H groups in total. The van der Waals surface area contributed by atoms with Gasteiger partial charge in [0.05, 0.1) is 35.3 Å². The summed E-state index contributed by atoms with van der Waals surface area (Å²) < 4.78 is 9.19. The molecule has 0 radical (unpaired) electrons. The fraction of sp³-hybridized carbons (Fsp3) is 0.500. The van der Waals surface area contributed by atoms with Crippen LogP contribution in [0.4, 0.5) is 23.0 Å². The van der Waals surface area contributed by atoms with Crippen LogP contribution in [0.2, 0.25) is 16.6 Å². The smallest absolute Gasteiger partial charge is 0.276 e. The molecule has 0 saturated carbocycles. The SMILES string of the molecule is CC(C)[Si](c1cc2nc(-c3ccnc(N4CCn5c(cc6c5CC(C)(C)C6)C4=O)c3CO)cc(Nc3ccc(N4CCN(C)CC4)cn3)c2o1)(C(C)C)C(C)C. The van der Waals surface area contributed by atoms with Crippen molar-refractivity contribution in [1.82, 2.24) is 24.4 Å². The molecule has 7 heterocycles. The largest absolute Gasteiger partial charge is 0.462 e. The number of carbonyl (C=O) groups excluding carboxylic acids is 1. The molecule has 8 rings (SSSR count). The van der Waals surface area contributed by atoms with E-state index in [2.05, 4.69) is 100 Å². The molecule has 1 saturated heterocycles. The van der Waals surface area contributed by atoms with Gasteiger partial charge in [-0.2, -0.15) is 0 Å². The number of hydrogen-bond donors (Lipinski definition) is 2. The van der Waals surface area contributed by atoms with Crippen LogP contribution >= 0.6 is 0 Å². The summed E-state index contributed by atoms with van der Waals surface area (Å²) in [6.45, 7) is 23.4. The van der Waals surface area contributed by atoms with Crippen LogP contribution in [0.15, 0.2) is 53.2 Å². The first-order valence-electron chi connectivity index (χ1n) is 20.5. The quantitative estimate of drug-likeness (QED) is 0.138. The van der Waals surface area contributed by atoms with E-state index in [9.17, 15) is 9.90 Å². The number of nitrogens with zero attached hydrogens (tertiary/aromatic N) is 7. The summed E-state index contributed by atoms with van der Waals surface area (Å²) in [5.41, 5.74) is 10.0. The molecule has 56 heavy (non-hydrogen) atoms. The van der Waals surface area contributed by atoms with Gasteiger partial charge in [-0.25, -0.2) is 15.0 Å². The second-order valence-corrected chi connectivity index (χ2v) is 23.9. The number of aliphatic hydroxyl groups excluding tert-OH is 1. The summed E-state index contributed by atoms with van der Waals surface area (Å²) in [7, 11) is -0.0186. The Hall–Kier alpha value is -4.52. The molecule has 12 heteroatoms. The summed E-state index contributed by atoms with van der Waals surface area (Å²) in [4.78, 5) is 35.5. The molecule has 3 aliphatic rings. The molecule has 0 aromatic carbocycles. The van der Waals surface area contributed by atoms with E-state index in [1.165, 1.54) is 11.3 Å². The molecule has 11 nitrogen and oxygen atoms in total. The van der Waals surface area contributed by atoms with E-state index in [1.807, 2.05) is 24.4 Å². The molecule has 0 atom stereocenters. The average Bonchev–Trinajstić information content (AvgIpc) is 3.82. The number of carbonyl (C=O) groups is 1. The number of rotatable bonds is 10. The van der Waals surface area contributed by atoms with Crippen LogP contribution < -0.4 is 20.5 Å². The molecular formula is C44H58N8O3Si. The number of furan rings is 1. The minimum Gasteiger partial charge on any atom is -0.462 e. The van der Waals surface area contributed by atoms with Crippen molar-refractivity contribution in [2.24, 2.45) is 5.41 Å². The van der Waals surface area contributed by atoms with Crippen molar-refractivity contribution in [3.63, 3.8) is 0 Å². The van der Waals surface area contributed by atoms with Crippen molar-refractivity contribution in [2.45, 2.75) is 98.0 Å². The lowest BCUT2D eigenvalue weighted by molar-refractivity contribution is 0.0962. The predicted octanol–water partition coefficient (Wildman–Crippen LogP) is 7.75. The highest BCUT2D eigenvalue weighted by Crippen LogP contribution is 2.44. The van der Waals surface area contributed by atoms with E-state index in [0.29, 0.717) is 63.9 Å². The second-order valence-electron chi connectivity index (χ2n) is 18.0. The number of amides is 1. The van der Waals surface area contributed by atoms with Gasteiger partial charge in [-0.15, -0.1) is 0 Å². The monoisotopic (exact) mass is 774 g/mol. The Bertz CT molecular complexity index is 2240. The van der Waals surface area contributed by atoms with Crippen LogP contribution in [0.1, 0.15) is 82.7 Å². The molecule has 2 aliphatic heterocycles. The Labute approximate surface area is 332 Å². The number of aliphatic hydroxyl groups is 1. The Balaban J connectivity index is 1.21. The minimum absolute atomic E-state index is 0.0866. The minimum atomic E-state index is -2.18. The van der Waals surface area contributed by atoms with Gasteiger partial charge in [0, 0.05) is 68.4 Å². The van der Waals surface area contributed by atoms with Crippen LogP contribution in [-0.4, -0.2) is 83.3 Å². The van der Waals surface area contributed by atoms with Crippen molar-refractivity contribution >= 4 is 53.5 Å². The van der Waals surface area contributed by atoms with Gasteiger partial charge in [0.15, 0.2) is 5.58 Å². The lowest BCUT2D eigenvalue weighted by Gasteiger charge is -2.40. The number of nitrogens with one attached hydrogen (secondary N) is 1. The maximum Gasteiger partial charge on any atom is 0.276 e. The summed E-state index contributed by atoms with van der Waals surface area (Å²) in [6.07, 6.45) is 5.60. The molecule has 296 valence electrons. The number of piperazine rings is 1. The van der Waals surface area contributed by atoms with Gasteiger partial charge >= 0.3 is 0 Å². The number of fused-ring (bicyclic) bond motifs is 4. The number of hydrogen-bond acceptors (Lipinski definition) is 9. The van der Waals surface area contributed by atoms with Gasteiger partial charge in [-0.05, 0) is 77.8 Å². The molecule has 5 aromatic heterocycles. The van der Waals surface area contributed by atoms with Crippen LogP contribution in [0.25, 0.3) is 22.4 Å². The highest BCUT2D eigenvalue weighted by Gasteiger charge is 2.48. The van der Waals surface area contributed by atoms with Crippen LogP contribution in [0.3, 0.4) is 0 Å². The topological polar surface area (TPSA) is 116 Å². The van der Waals surface area contributed by atoms with E-state index < -0.39 is 8.07 Å². The molecule has 1 amide bonds. The molecule has 1 fully saturated rings. The van der Waals surface area contributed by atoms with E-state index >= 15 is 0 Å². The molecular weight excluding hydrogens is 717 g/mol. The first-order valence-corrected chi connectivity index (χ1v) is 22.7.